The number of hydrazine groups is 1. The molecule has 0 unspecified atom stereocenters. The summed E-state index contributed by atoms with van der Waals surface area (Å²) >= 11 is 6.41. The van der Waals surface area contributed by atoms with Crippen LogP contribution in [0.15, 0.2) is 51.8 Å². The highest BCUT2D eigenvalue weighted by atomic mass is 35.5. The Morgan fingerprint density at radius 2 is 1.93 bits per heavy atom. The van der Waals surface area contributed by atoms with E-state index in [1.54, 1.807) is 18.1 Å². The summed E-state index contributed by atoms with van der Waals surface area (Å²) in [5.41, 5.74) is 4.08. The molecular weight excluding hydrogens is 412 g/mol. The van der Waals surface area contributed by atoms with Crippen LogP contribution >= 0.6 is 11.6 Å². The number of hydrogen-bond donors (Lipinski definition) is 1. The molecule has 1 N–H and O–H groups in total. The van der Waals surface area contributed by atoms with Crippen molar-refractivity contribution in [1.82, 2.24) is 5.43 Å². The fraction of sp³-hybridized carbons (Fsp3) is 0.300. The van der Waals surface area contributed by atoms with E-state index < -0.39 is 15.9 Å². The number of amides is 1. The van der Waals surface area contributed by atoms with Gasteiger partial charge in [0.1, 0.15) is 10.7 Å². The summed E-state index contributed by atoms with van der Waals surface area (Å²) in [5, 5.41) is 1.75. The molecule has 2 aromatic rings. The van der Waals surface area contributed by atoms with E-state index in [9.17, 15) is 13.2 Å². The van der Waals surface area contributed by atoms with Crippen molar-refractivity contribution in [1.29, 1.82) is 0 Å². The number of sulfonamides is 1. The Kier molecular flexibility index (Phi) is 5.23. The molecule has 9 heteroatoms. The van der Waals surface area contributed by atoms with Gasteiger partial charge in [-0.05, 0) is 37.1 Å². The molecule has 2 aliphatic heterocycles. The summed E-state index contributed by atoms with van der Waals surface area (Å²) in [6.45, 7) is 0.681. The number of anilines is 2. The van der Waals surface area contributed by atoms with Gasteiger partial charge in [-0.2, -0.15) is 8.42 Å². The van der Waals surface area contributed by atoms with Gasteiger partial charge in [0.2, 0.25) is 0 Å². The van der Waals surface area contributed by atoms with Crippen LogP contribution in [0, 0.1) is 0 Å². The van der Waals surface area contributed by atoms with Crippen LogP contribution in [0.2, 0.25) is 5.02 Å². The molecule has 29 heavy (non-hydrogen) atoms. The Hall–Kier alpha value is -2.58. The quantitative estimate of drug-likeness (QED) is 0.749. The van der Waals surface area contributed by atoms with E-state index in [-0.39, 0.29) is 15.5 Å². The molecule has 2 heterocycles. The van der Waals surface area contributed by atoms with E-state index >= 15 is 0 Å². The number of fused-ring (bicyclic) bond motifs is 3. The van der Waals surface area contributed by atoms with Gasteiger partial charge in [-0.3, -0.25) is 15.2 Å². The predicted molar refractivity (Wildman–Crippen MR) is 114 cm³/mol. The fourth-order valence-electron chi connectivity index (χ4n) is 3.60. The summed E-state index contributed by atoms with van der Waals surface area (Å²) < 4.78 is 29.5. The molecule has 2 aromatic carbocycles. The van der Waals surface area contributed by atoms with Crippen LogP contribution in [-0.4, -0.2) is 33.8 Å². The molecule has 0 radical (unpaired) electrons. The Labute approximate surface area is 175 Å². The second-order valence-corrected chi connectivity index (χ2v) is 9.06. The third-order valence-corrected chi connectivity index (χ3v) is 6.74. The van der Waals surface area contributed by atoms with E-state index in [1.165, 1.54) is 6.07 Å². The molecule has 2 aliphatic rings. The van der Waals surface area contributed by atoms with Crippen molar-refractivity contribution in [2.75, 3.05) is 23.5 Å². The monoisotopic (exact) mass is 432 g/mol. The van der Waals surface area contributed by atoms with Gasteiger partial charge in [0.05, 0.1) is 22.0 Å². The van der Waals surface area contributed by atoms with Gasteiger partial charge in [-0.15, -0.1) is 4.40 Å². The maximum absolute atomic E-state index is 12.8. The van der Waals surface area contributed by atoms with E-state index in [4.69, 9.17) is 11.6 Å². The second kappa shape index (κ2) is 7.68. The van der Waals surface area contributed by atoms with Crippen molar-refractivity contribution in [3.63, 3.8) is 0 Å². The molecule has 4 rings (SSSR count). The Bertz CT molecular complexity index is 1090. The first kappa shape index (κ1) is 19.7. The van der Waals surface area contributed by atoms with Gasteiger partial charge in [-0.25, -0.2) is 0 Å². The minimum absolute atomic E-state index is 0.0139. The summed E-state index contributed by atoms with van der Waals surface area (Å²) in [5.74, 6) is 0.0528. The van der Waals surface area contributed by atoms with Crippen molar-refractivity contribution >= 4 is 44.7 Å². The normalized spacial score (nSPS) is 17.4. The lowest BCUT2D eigenvalue weighted by molar-refractivity contribution is 0.0951. The van der Waals surface area contributed by atoms with E-state index in [0.29, 0.717) is 24.5 Å². The lowest BCUT2D eigenvalue weighted by Crippen LogP contribution is -2.40. The third kappa shape index (κ3) is 3.82. The SMILES string of the molecule is CN(NC(=O)c1cc2c(cc1Cl)N1CCCCCC1=NS2(=O)=O)c1ccccc1. The number of carbonyl (C=O) groups excluding carboxylic acids is 1. The molecule has 1 fully saturated rings. The van der Waals surface area contributed by atoms with Crippen LogP contribution in [0.1, 0.15) is 36.0 Å². The minimum Gasteiger partial charge on any atom is -0.328 e. The zero-order valence-electron chi connectivity index (χ0n) is 15.9. The van der Waals surface area contributed by atoms with Crippen molar-refractivity contribution in [3.8, 4) is 0 Å². The summed E-state index contributed by atoms with van der Waals surface area (Å²) in [6.07, 6.45) is 3.48. The molecule has 0 aromatic heterocycles. The highest BCUT2D eigenvalue weighted by Crippen LogP contribution is 2.37. The maximum Gasteiger partial charge on any atom is 0.286 e. The lowest BCUT2D eigenvalue weighted by atomic mass is 10.1. The van der Waals surface area contributed by atoms with Crippen molar-refractivity contribution in [2.24, 2.45) is 4.40 Å². The van der Waals surface area contributed by atoms with Crippen LogP contribution in [0.25, 0.3) is 0 Å². The van der Waals surface area contributed by atoms with Crippen molar-refractivity contribution in [3.05, 3.63) is 53.1 Å². The number of halogens is 1. The first-order valence-corrected chi connectivity index (χ1v) is 11.2. The van der Waals surface area contributed by atoms with Crippen LogP contribution in [0.5, 0.6) is 0 Å². The third-order valence-electron chi connectivity index (χ3n) is 5.09. The zero-order valence-corrected chi connectivity index (χ0v) is 17.5. The zero-order chi connectivity index (χ0) is 20.6. The van der Waals surface area contributed by atoms with Gasteiger partial charge in [0.25, 0.3) is 15.9 Å². The van der Waals surface area contributed by atoms with E-state index in [1.807, 2.05) is 35.2 Å². The molecule has 0 bridgehead atoms. The highest BCUT2D eigenvalue weighted by Gasteiger charge is 2.33. The van der Waals surface area contributed by atoms with Crippen LogP contribution in [0.4, 0.5) is 11.4 Å². The standard InChI is InChI=1S/C20H21ClN4O3S/c1-24(14-8-4-2-5-9-14)22-20(26)15-12-18-17(13-16(15)21)25-11-7-3-6-10-19(25)23-29(18,27)28/h2,4-5,8-9,12-13H,3,6-7,10-11H2,1H3,(H,22,26). The molecule has 7 nitrogen and oxygen atoms in total. The number of nitrogens with zero attached hydrogens (tertiary/aromatic N) is 3. The number of amidine groups is 1. The second-order valence-electron chi connectivity index (χ2n) is 7.08. The van der Waals surface area contributed by atoms with Gasteiger partial charge in [0, 0.05) is 20.0 Å². The van der Waals surface area contributed by atoms with Crippen LogP contribution < -0.4 is 15.3 Å². The lowest BCUT2D eigenvalue weighted by Gasteiger charge is -2.30. The molecule has 0 atom stereocenters. The number of rotatable bonds is 3. The highest BCUT2D eigenvalue weighted by molar-refractivity contribution is 7.90. The van der Waals surface area contributed by atoms with Crippen molar-refractivity contribution < 1.29 is 13.2 Å². The first-order chi connectivity index (χ1) is 13.9. The Morgan fingerprint density at radius 1 is 1.17 bits per heavy atom. The summed E-state index contributed by atoms with van der Waals surface area (Å²) in [4.78, 5) is 14.7. The topological polar surface area (TPSA) is 82.1 Å². The average molecular weight is 433 g/mol. The first-order valence-electron chi connectivity index (χ1n) is 9.41. The molecule has 0 aliphatic carbocycles. The number of hydrogen-bond acceptors (Lipinski definition) is 5. The molecule has 0 spiro atoms. The van der Waals surface area contributed by atoms with Gasteiger partial charge in [-0.1, -0.05) is 36.2 Å². The smallest absolute Gasteiger partial charge is 0.286 e. The summed E-state index contributed by atoms with van der Waals surface area (Å²) in [6, 6.07) is 12.2. The van der Waals surface area contributed by atoms with Crippen LogP contribution in [0.3, 0.4) is 0 Å². The fourth-order valence-corrected chi connectivity index (χ4v) is 5.11. The number of nitrogens with one attached hydrogen (secondary N) is 1. The number of para-hydroxylation sites is 1. The molecule has 0 saturated carbocycles. The van der Waals surface area contributed by atoms with Crippen LogP contribution in [-0.2, 0) is 10.0 Å². The van der Waals surface area contributed by atoms with E-state index in [2.05, 4.69) is 9.82 Å². The number of carbonyl (C=O) groups is 1. The summed E-state index contributed by atoms with van der Waals surface area (Å²) in [7, 11) is -2.19. The Balaban J connectivity index is 1.69. The predicted octanol–water partition coefficient (Wildman–Crippen LogP) is 3.60. The molecule has 1 saturated heterocycles. The van der Waals surface area contributed by atoms with E-state index in [0.717, 1.165) is 24.9 Å². The minimum atomic E-state index is -3.89. The Morgan fingerprint density at radius 3 is 2.69 bits per heavy atom. The van der Waals surface area contributed by atoms with Gasteiger partial charge < -0.3 is 4.90 Å². The van der Waals surface area contributed by atoms with Gasteiger partial charge >= 0.3 is 0 Å². The molecular formula is C20H21ClN4O3S. The van der Waals surface area contributed by atoms with Gasteiger partial charge in [0.15, 0.2) is 0 Å². The molecule has 152 valence electrons. The maximum atomic E-state index is 12.8. The number of benzene rings is 2. The average Bonchev–Trinajstić information content (AvgIpc) is 2.93. The van der Waals surface area contributed by atoms with Crippen molar-refractivity contribution in [2.45, 2.75) is 30.6 Å². The molecule has 1 amide bonds. The largest absolute Gasteiger partial charge is 0.328 e.